The quantitative estimate of drug-likeness (QED) is 0.863. The van der Waals surface area contributed by atoms with Crippen LogP contribution in [-0.2, 0) is 9.53 Å². The molecule has 1 saturated carbocycles. The minimum absolute atomic E-state index is 0.393. The van der Waals surface area contributed by atoms with E-state index in [0.29, 0.717) is 18.6 Å². The van der Waals surface area contributed by atoms with Crippen LogP contribution < -0.4 is 0 Å². The van der Waals surface area contributed by atoms with Gasteiger partial charge in [-0.15, -0.1) is 0 Å². The number of hydrogen-bond acceptors (Lipinski definition) is 3. The van der Waals surface area contributed by atoms with Crippen LogP contribution in [0.15, 0.2) is 0 Å². The van der Waals surface area contributed by atoms with Gasteiger partial charge in [-0.1, -0.05) is 12.8 Å². The van der Waals surface area contributed by atoms with Crippen LogP contribution in [-0.4, -0.2) is 48.8 Å². The molecule has 1 N–H and O–H groups in total. The second-order valence-electron chi connectivity index (χ2n) is 7.22. The van der Waals surface area contributed by atoms with Crippen molar-refractivity contribution in [2.45, 2.75) is 51.4 Å². The topological polar surface area (TPSA) is 49.8 Å². The van der Waals surface area contributed by atoms with Gasteiger partial charge in [-0.05, 0) is 57.0 Å². The Hall–Kier alpha value is -0.610. The van der Waals surface area contributed by atoms with Gasteiger partial charge >= 0.3 is 5.97 Å². The molecule has 2 saturated heterocycles. The highest BCUT2D eigenvalue weighted by atomic mass is 16.5. The van der Waals surface area contributed by atoms with Gasteiger partial charge in [0.1, 0.15) is 5.41 Å². The SMILES string of the molecule is O=C(O)C1(CN2CCC3(CCCC3)CC2)CCCOC1. The number of rotatable bonds is 3. The summed E-state index contributed by atoms with van der Waals surface area (Å²) >= 11 is 0. The van der Waals surface area contributed by atoms with Crippen LogP contribution in [0.1, 0.15) is 51.4 Å². The van der Waals surface area contributed by atoms with E-state index in [9.17, 15) is 9.90 Å². The van der Waals surface area contributed by atoms with Crippen LogP contribution in [0.4, 0.5) is 0 Å². The van der Waals surface area contributed by atoms with Crippen molar-refractivity contribution in [1.82, 2.24) is 4.90 Å². The van der Waals surface area contributed by atoms with Crippen molar-refractivity contribution in [2.75, 3.05) is 32.8 Å². The molecule has 114 valence electrons. The Kier molecular flexibility index (Phi) is 4.04. The maximum absolute atomic E-state index is 11.7. The van der Waals surface area contributed by atoms with Crippen LogP contribution >= 0.6 is 0 Å². The van der Waals surface area contributed by atoms with Crippen LogP contribution in [0.3, 0.4) is 0 Å². The average molecular weight is 281 g/mol. The zero-order valence-corrected chi connectivity index (χ0v) is 12.4. The lowest BCUT2D eigenvalue weighted by atomic mass is 9.75. The van der Waals surface area contributed by atoms with E-state index in [1.54, 1.807) is 0 Å². The fraction of sp³-hybridized carbons (Fsp3) is 0.938. The summed E-state index contributed by atoms with van der Waals surface area (Å²) < 4.78 is 5.47. The Labute approximate surface area is 121 Å². The number of carbonyl (C=O) groups is 1. The molecule has 0 bridgehead atoms. The van der Waals surface area contributed by atoms with Crippen molar-refractivity contribution < 1.29 is 14.6 Å². The molecule has 1 spiro atoms. The predicted molar refractivity (Wildman–Crippen MR) is 76.7 cm³/mol. The van der Waals surface area contributed by atoms with Gasteiger partial charge in [-0.2, -0.15) is 0 Å². The molecule has 0 aromatic carbocycles. The molecule has 4 heteroatoms. The summed E-state index contributed by atoms with van der Waals surface area (Å²) in [6.45, 7) is 3.95. The van der Waals surface area contributed by atoms with Gasteiger partial charge in [-0.25, -0.2) is 0 Å². The number of ether oxygens (including phenoxy) is 1. The molecule has 3 fully saturated rings. The summed E-state index contributed by atoms with van der Waals surface area (Å²) in [4.78, 5) is 14.1. The highest BCUT2D eigenvalue weighted by molar-refractivity contribution is 5.75. The Balaban J connectivity index is 1.58. The van der Waals surface area contributed by atoms with E-state index < -0.39 is 11.4 Å². The van der Waals surface area contributed by atoms with Gasteiger partial charge in [0.25, 0.3) is 0 Å². The van der Waals surface area contributed by atoms with Crippen molar-refractivity contribution in [3.8, 4) is 0 Å². The first-order chi connectivity index (χ1) is 9.64. The number of likely N-dealkylation sites (tertiary alicyclic amines) is 1. The molecule has 0 aromatic heterocycles. The van der Waals surface area contributed by atoms with E-state index >= 15 is 0 Å². The number of aliphatic carboxylic acids is 1. The van der Waals surface area contributed by atoms with Crippen molar-refractivity contribution in [3.63, 3.8) is 0 Å². The Morgan fingerprint density at radius 3 is 2.30 bits per heavy atom. The number of nitrogens with zero attached hydrogens (tertiary/aromatic N) is 1. The van der Waals surface area contributed by atoms with Gasteiger partial charge in [0.05, 0.1) is 6.61 Å². The molecule has 2 aliphatic heterocycles. The molecule has 20 heavy (non-hydrogen) atoms. The third-order valence-corrected chi connectivity index (χ3v) is 5.88. The summed E-state index contributed by atoms with van der Waals surface area (Å²) in [6.07, 6.45) is 9.77. The molecule has 0 aromatic rings. The lowest BCUT2D eigenvalue weighted by Crippen LogP contribution is -2.51. The smallest absolute Gasteiger partial charge is 0.313 e. The monoisotopic (exact) mass is 281 g/mol. The molecule has 1 atom stereocenters. The number of piperidine rings is 1. The van der Waals surface area contributed by atoms with Gasteiger partial charge < -0.3 is 14.7 Å². The number of carboxylic acids is 1. The average Bonchev–Trinajstić information content (AvgIpc) is 2.91. The van der Waals surface area contributed by atoms with Crippen molar-refractivity contribution in [2.24, 2.45) is 10.8 Å². The van der Waals surface area contributed by atoms with Crippen molar-refractivity contribution >= 4 is 5.97 Å². The van der Waals surface area contributed by atoms with Crippen molar-refractivity contribution in [3.05, 3.63) is 0 Å². The fourth-order valence-electron chi connectivity index (χ4n) is 4.45. The van der Waals surface area contributed by atoms with E-state index in [1.165, 1.54) is 38.5 Å². The van der Waals surface area contributed by atoms with E-state index in [0.717, 1.165) is 32.5 Å². The molecular formula is C16H27NO3. The third kappa shape index (κ3) is 2.73. The minimum atomic E-state index is -0.668. The van der Waals surface area contributed by atoms with Crippen LogP contribution in [0.2, 0.25) is 0 Å². The lowest BCUT2D eigenvalue weighted by Gasteiger charge is -2.43. The van der Waals surface area contributed by atoms with Gasteiger partial charge in [0, 0.05) is 13.2 Å². The third-order valence-electron chi connectivity index (χ3n) is 5.88. The molecule has 1 unspecified atom stereocenters. The highest BCUT2D eigenvalue weighted by Crippen LogP contribution is 2.46. The molecule has 3 rings (SSSR count). The summed E-state index contributed by atoms with van der Waals surface area (Å²) in [7, 11) is 0. The van der Waals surface area contributed by atoms with E-state index in [1.807, 2.05) is 0 Å². The largest absolute Gasteiger partial charge is 0.481 e. The first-order valence-corrected chi connectivity index (χ1v) is 8.18. The predicted octanol–water partition coefficient (Wildman–Crippen LogP) is 2.52. The molecule has 0 amide bonds. The summed E-state index contributed by atoms with van der Waals surface area (Å²) in [6, 6.07) is 0. The molecule has 1 aliphatic carbocycles. The standard InChI is InChI=1S/C16H27NO3/c18-14(19)16(6-3-11-20-13-16)12-17-9-7-15(8-10-17)4-1-2-5-15/h1-13H2,(H,18,19). The normalized spacial score (nSPS) is 34.4. The summed E-state index contributed by atoms with van der Waals surface area (Å²) in [5.74, 6) is -0.668. The van der Waals surface area contributed by atoms with E-state index in [-0.39, 0.29) is 0 Å². The first kappa shape index (κ1) is 14.3. The maximum atomic E-state index is 11.7. The Bertz CT molecular complexity index is 347. The second-order valence-corrected chi connectivity index (χ2v) is 7.22. The zero-order valence-electron chi connectivity index (χ0n) is 12.4. The molecular weight excluding hydrogens is 254 g/mol. The minimum Gasteiger partial charge on any atom is -0.481 e. The van der Waals surface area contributed by atoms with Gasteiger partial charge in [-0.3, -0.25) is 4.79 Å². The van der Waals surface area contributed by atoms with Crippen LogP contribution in [0, 0.1) is 10.8 Å². The second kappa shape index (κ2) is 5.64. The zero-order chi connectivity index (χ0) is 14.1. The van der Waals surface area contributed by atoms with Crippen LogP contribution in [0.5, 0.6) is 0 Å². The maximum Gasteiger partial charge on any atom is 0.313 e. The number of carboxylic acid groups (broad SMARTS) is 1. The summed E-state index contributed by atoms with van der Waals surface area (Å²) in [5, 5.41) is 9.62. The molecule has 2 heterocycles. The van der Waals surface area contributed by atoms with Gasteiger partial charge in [0.15, 0.2) is 0 Å². The van der Waals surface area contributed by atoms with E-state index in [4.69, 9.17) is 4.74 Å². The summed E-state index contributed by atoms with van der Waals surface area (Å²) in [5.41, 5.74) is -0.0472. The highest BCUT2D eigenvalue weighted by Gasteiger charge is 2.44. The molecule has 0 radical (unpaired) electrons. The Morgan fingerprint density at radius 1 is 1.05 bits per heavy atom. The molecule has 3 aliphatic rings. The van der Waals surface area contributed by atoms with E-state index in [2.05, 4.69) is 4.90 Å². The number of hydrogen-bond donors (Lipinski definition) is 1. The van der Waals surface area contributed by atoms with Crippen LogP contribution in [0.25, 0.3) is 0 Å². The molecule has 4 nitrogen and oxygen atoms in total. The lowest BCUT2D eigenvalue weighted by molar-refractivity contribution is -0.160. The Morgan fingerprint density at radius 2 is 1.75 bits per heavy atom. The fourth-order valence-corrected chi connectivity index (χ4v) is 4.45. The first-order valence-electron chi connectivity index (χ1n) is 8.18. The van der Waals surface area contributed by atoms with Crippen molar-refractivity contribution in [1.29, 1.82) is 0 Å². The van der Waals surface area contributed by atoms with Gasteiger partial charge in [0.2, 0.25) is 0 Å².